The van der Waals surface area contributed by atoms with Crippen LogP contribution in [-0.4, -0.2) is 25.4 Å². The summed E-state index contributed by atoms with van der Waals surface area (Å²) in [6.07, 6.45) is -1.27. The van der Waals surface area contributed by atoms with E-state index >= 15 is 0 Å². The number of nitrogens with zero attached hydrogens (tertiary/aromatic N) is 1. The largest absolute Gasteiger partial charge is 0.369 e. The maximum atomic E-state index is 13.2. The molecule has 16 heavy (non-hydrogen) atoms. The fourth-order valence-corrected chi connectivity index (χ4v) is 1.66. The summed E-state index contributed by atoms with van der Waals surface area (Å²) in [6, 6.07) is 9.17. The molecule has 1 aliphatic rings. The summed E-state index contributed by atoms with van der Waals surface area (Å²) >= 11 is 0. The van der Waals surface area contributed by atoms with Crippen molar-refractivity contribution in [3.8, 4) is 6.07 Å². The van der Waals surface area contributed by atoms with Crippen LogP contribution in [0.1, 0.15) is 11.1 Å². The van der Waals surface area contributed by atoms with Crippen molar-refractivity contribution in [3.05, 3.63) is 35.4 Å². The van der Waals surface area contributed by atoms with Gasteiger partial charge in [0.15, 0.2) is 0 Å². The van der Waals surface area contributed by atoms with Crippen LogP contribution in [0, 0.1) is 11.3 Å². The van der Waals surface area contributed by atoms with E-state index in [0.29, 0.717) is 25.3 Å². The number of ether oxygens (including phenoxy) is 1. The highest BCUT2D eigenvalue weighted by Gasteiger charge is 2.27. The van der Waals surface area contributed by atoms with Gasteiger partial charge in [-0.25, -0.2) is 4.39 Å². The van der Waals surface area contributed by atoms with E-state index in [4.69, 9.17) is 10.00 Å². The molecule has 3 nitrogen and oxygen atoms in total. The zero-order valence-corrected chi connectivity index (χ0v) is 8.82. The normalized spacial score (nSPS) is 24.2. The lowest BCUT2D eigenvalue weighted by molar-refractivity contribution is 0.0139. The minimum absolute atomic E-state index is 0.351. The van der Waals surface area contributed by atoms with Crippen molar-refractivity contribution in [2.24, 2.45) is 0 Å². The highest BCUT2D eigenvalue weighted by molar-refractivity contribution is 5.31. The third-order valence-electron chi connectivity index (χ3n) is 2.64. The fourth-order valence-electron chi connectivity index (χ4n) is 1.66. The molecule has 1 N–H and O–H groups in total. The van der Waals surface area contributed by atoms with Crippen molar-refractivity contribution in [2.75, 3.05) is 13.1 Å². The van der Waals surface area contributed by atoms with Crippen LogP contribution in [0.25, 0.3) is 0 Å². The lowest BCUT2D eigenvalue weighted by atomic mass is 10.1. The monoisotopic (exact) mass is 220 g/mol. The van der Waals surface area contributed by atoms with Crippen LogP contribution in [0.5, 0.6) is 0 Å². The van der Waals surface area contributed by atoms with Gasteiger partial charge in [-0.15, -0.1) is 0 Å². The number of halogens is 1. The maximum absolute atomic E-state index is 13.2. The Morgan fingerprint density at radius 2 is 2.12 bits per heavy atom. The fraction of sp³-hybridized carbons (Fsp3) is 0.417. The first-order valence-corrected chi connectivity index (χ1v) is 5.25. The van der Waals surface area contributed by atoms with Crippen LogP contribution >= 0.6 is 0 Å². The molecular formula is C12H13FN2O. The summed E-state index contributed by atoms with van der Waals surface area (Å²) in [4.78, 5) is 0. The van der Waals surface area contributed by atoms with Crippen molar-refractivity contribution in [1.82, 2.24) is 5.32 Å². The molecular weight excluding hydrogens is 207 g/mol. The Morgan fingerprint density at radius 1 is 1.38 bits per heavy atom. The summed E-state index contributed by atoms with van der Waals surface area (Å²) in [5.41, 5.74) is 1.58. The average Bonchev–Trinajstić information content (AvgIpc) is 2.73. The number of nitrogens with one attached hydrogen (secondary N) is 1. The van der Waals surface area contributed by atoms with Crippen molar-refractivity contribution in [1.29, 1.82) is 5.26 Å². The minimum atomic E-state index is -0.918. The standard InChI is InChI=1S/C12H13FN2O/c13-11-6-15-7-12(11)16-8-10-3-1-9(5-14)2-4-10/h1-4,11-12,15H,6-8H2. The second kappa shape index (κ2) is 5.06. The van der Waals surface area contributed by atoms with Gasteiger partial charge in [-0.05, 0) is 17.7 Å². The Balaban J connectivity index is 1.87. The summed E-state index contributed by atoms with van der Waals surface area (Å²) in [7, 11) is 0. The quantitative estimate of drug-likeness (QED) is 0.837. The molecule has 1 aromatic carbocycles. The molecule has 0 saturated carbocycles. The van der Waals surface area contributed by atoms with Gasteiger partial charge in [-0.2, -0.15) is 5.26 Å². The van der Waals surface area contributed by atoms with Gasteiger partial charge in [0.2, 0.25) is 0 Å². The molecule has 0 aliphatic carbocycles. The van der Waals surface area contributed by atoms with E-state index in [-0.39, 0.29) is 6.10 Å². The first-order valence-electron chi connectivity index (χ1n) is 5.25. The van der Waals surface area contributed by atoms with Gasteiger partial charge < -0.3 is 10.1 Å². The minimum Gasteiger partial charge on any atom is -0.369 e. The Kier molecular flexibility index (Phi) is 3.50. The number of benzene rings is 1. The van der Waals surface area contributed by atoms with Gasteiger partial charge >= 0.3 is 0 Å². The highest BCUT2D eigenvalue weighted by Crippen LogP contribution is 2.12. The zero-order chi connectivity index (χ0) is 11.4. The molecule has 2 atom stereocenters. The molecule has 1 aromatic rings. The Hall–Kier alpha value is -1.44. The van der Waals surface area contributed by atoms with E-state index in [2.05, 4.69) is 5.32 Å². The molecule has 0 radical (unpaired) electrons. The van der Waals surface area contributed by atoms with Crippen LogP contribution in [0.3, 0.4) is 0 Å². The summed E-state index contributed by atoms with van der Waals surface area (Å²) in [6.45, 7) is 1.33. The Morgan fingerprint density at radius 3 is 2.69 bits per heavy atom. The lowest BCUT2D eigenvalue weighted by Gasteiger charge is -2.12. The third-order valence-corrected chi connectivity index (χ3v) is 2.64. The molecule has 0 aromatic heterocycles. The molecule has 0 amide bonds. The second-order valence-electron chi connectivity index (χ2n) is 3.83. The SMILES string of the molecule is N#Cc1ccc(COC2CNCC2F)cc1. The van der Waals surface area contributed by atoms with E-state index in [1.165, 1.54) is 0 Å². The number of rotatable bonds is 3. The van der Waals surface area contributed by atoms with E-state index in [9.17, 15) is 4.39 Å². The molecule has 1 heterocycles. The second-order valence-corrected chi connectivity index (χ2v) is 3.83. The van der Waals surface area contributed by atoms with Crippen LogP contribution in [-0.2, 0) is 11.3 Å². The zero-order valence-electron chi connectivity index (χ0n) is 8.82. The van der Waals surface area contributed by atoms with E-state index in [1.54, 1.807) is 12.1 Å². The Labute approximate surface area is 93.8 Å². The van der Waals surface area contributed by atoms with Crippen molar-refractivity contribution in [3.63, 3.8) is 0 Å². The molecule has 0 bridgehead atoms. The maximum Gasteiger partial charge on any atom is 0.140 e. The van der Waals surface area contributed by atoms with Crippen molar-refractivity contribution < 1.29 is 9.13 Å². The first-order chi connectivity index (χ1) is 7.79. The van der Waals surface area contributed by atoms with E-state index in [1.807, 2.05) is 18.2 Å². The van der Waals surface area contributed by atoms with Gasteiger partial charge in [0, 0.05) is 13.1 Å². The highest BCUT2D eigenvalue weighted by atomic mass is 19.1. The predicted molar refractivity (Wildman–Crippen MR) is 57.5 cm³/mol. The molecule has 1 fully saturated rings. The average molecular weight is 220 g/mol. The summed E-state index contributed by atoms with van der Waals surface area (Å²) < 4.78 is 18.6. The molecule has 84 valence electrons. The van der Waals surface area contributed by atoms with Crippen molar-refractivity contribution >= 4 is 0 Å². The molecule has 0 spiro atoms. The third kappa shape index (κ3) is 2.57. The molecule has 1 aliphatic heterocycles. The number of alkyl halides is 1. The molecule has 2 unspecified atom stereocenters. The van der Waals surface area contributed by atoms with Crippen LogP contribution < -0.4 is 5.32 Å². The topological polar surface area (TPSA) is 45.0 Å². The van der Waals surface area contributed by atoms with Gasteiger partial charge in [-0.3, -0.25) is 0 Å². The van der Waals surface area contributed by atoms with Gasteiger partial charge in [-0.1, -0.05) is 12.1 Å². The number of hydrogen-bond acceptors (Lipinski definition) is 3. The molecule has 1 saturated heterocycles. The van der Waals surface area contributed by atoms with Crippen LogP contribution in [0.4, 0.5) is 4.39 Å². The summed E-state index contributed by atoms with van der Waals surface area (Å²) in [5, 5.41) is 11.6. The van der Waals surface area contributed by atoms with E-state index < -0.39 is 6.17 Å². The molecule has 2 rings (SSSR count). The molecule has 4 heteroatoms. The van der Waals surface area contributed by atoms with E-state index in [0.717, 1.165) is 5.56 Å². The van der Waals surface area contributed by atoms with Crippen molar-refractivity contribution in [2.45, 2.75) is 18.9 Å². The first kappa shape index (κ1) is 11.1. The van der Waals surface area contributed by atoms with Crippen LogP contribution in [0.15, 0.2) is 24.3 Å². The lowest BCUT2D eigenvalue weighted by Crippen LogP contribution is -2.23. The number of hydrogen-bond donors (Lipinski definition) is 1. The van der Waals surface area contributed by atoms with Gasteiger partial charge in [0.05, 0.1) is 18.2 Å². The van der Waals surface area contributed by atoms with Gasteiger partial charge in [0.25, 0.3) is 0 Å². The van der Waals surface area contributed by atoms with Crippen LogP contribution in [0.2, 0.25) is 0 Å². The predicted octanol–water partition coefficient (Wildman–Crippen LogP) is 1.38. The van der Waals surface area contributed by atoms with Gasteiger partial charge in [0.1, 0.15) is 12.3 Å². The summed E-state index contributed by atoms with van der Waals surface area (Å²) in [5.74, 6) is 0. The number of nitriles is 1. The smallest absolute Gasteiger partial charge is 0.140 e. The Bertz CT molecular complexity index is 385.